The Bertz CT molecular complexity index is 488. The molecule has 18 heavy (non-hydrogen) atoms. The van der Waals surface area contributed by atoms with Crippen molar-refractivity contribution in [1.29, 1.82) is 0 Å². The molecule has 0 bridgehead atoms. The van der Waals surface area contributed by atoms with Crippen LogP contribution in [0, 0.1) is 5.92 Å². The summed E-state index contributed by atoms with van der Waals surface area (Å²) in [4.78, 5) is 12.3. The van der Waals surface area contributed by atoms with Gasteiger partial charge in [-0.1, -0.05) is 38.3 Å². The van der Waals surface area contributed by atoms with Crippen LogP contribution in [0.2, 0.25) is 0 Å². The fourth-order valence-electron chi connectivity index (χ4n) is 1.77. The van der Waals surface area contributed by atoms with E-state index in [0.29, 0.717) is 0 Å². The summed E-state index contributed by atoms with van der Waals surface area (Å²) in [5.74, 6) is -1.53. The molecule has 0 radical (unpaired) electrons. The molecular weight excluding hydrogens is 312 g/mol. The van der Waals surface area contributed by atoms with E-state index >= 15 is 0 Å². The van der Waals surface area contributed by atoms with E-state index in [0.717, 1.165) is 14.2 Å². The molecule has 0 unspecified atom stereocenters. The molecule has 1 aromatic heterocycles. The summed E-state index contributed by atoms with van der Waals surface area (Å²) >= 11 is 4.94. The first-order valence-corrected chi connectivity index (χ1v) is 7.05. The third-order valence-corrected chi connectivity index (χ3v) is 4.40. The quantitative estimate of drug-likeness (QED) is 0.775. The molecule has 1 rings (SSSR count). The highest BCUT2D eigenvalue weighted by molar-refractivity contribution is 9.11. The van der Waals surface area contributed by atoms with Gasteiger partial charge in [0.25, 0.3) is 0 Å². The van der Waals surface area contributed by atoms with Crippen LogP contribution in [0.15, 0.2) is 52.9 Å². The molecule has 0 saturated carbocycles. The second-order valence-electron chi connectivity index (χ2n) is 3.85. The van der Waals surface area contributed by atoms with Gasteiger partial charge in [-0.05, 0) is 33.6 Å². The van der Waals surface area contributed by atoms with Gasteiger partial charge in [0, 0.05) is 10.8 Å². The second-order valence-corrected chi connectivity index (χ2v) is 6.35. The highest BCUT2D eigenvalue weighted by Crippen LogP contribution is 2.38. The fraction of sp³-hybridized carbons (Fsp3) is 0.214. The molecule has 0 aromatic carbocycles. The lowest BCUT2D eigenvalue weighted by molar-refractivity contribution is -0.141. The molecule has 0 aliphatic rings. The van der Waals surface area contributed by atoms with E-state index in [1.165, 1.54) is 0 Å². The first-order chi connectivity index (χ1) is 8.51. The number of hydrogen-bond acceptors (Lipinski definition) is 2. The van der Waals surface area contributed by atoms with E-state index in [-0.39, 0.29) is 5.92 Å². The van der Waals surface area contributed by atoms with Crippen LogP contribution in [0.3, 0.4) is 0 Å². The van der Waals surface area contributed by atoms with Gasteiger partial charge in [-0.15, -0.1) is 11.3 Å². The van der Waals surface area contributed by atoms with Gasteiger partial charge < -0.3 is 5.11 Å². The molecule has 0 aliphatic heterocycles. The minimum absolute atomic E-state index is 0.200. The number of thiophene rings is 1. The number of rotatable bonds is 6. The van der Waals surface area contributed by atoms with E-state index in [4.69, 9.17) is 0 Å². The summed E-state index contributed by atoms with van der Waals surface area (Å²) in [6.45, 7) is 9.12. The Labute approximate surface area is 119 Å². The van der Waals surface area contributed by atoms with Crippen LogP contribution in [0.5, 0.6) is 0 Å². The molecule has 96 valence electrons. The Morgan fingerprint density at radius 1 is 1.50 bits per heavy atom. The summed E-state index contributed by atoms with van der Waals surface area (Å²) in [6, 6.07) is 3.87. The average molecular weight is 327 g/mol. The Balaban J connectivity index is 3.25. The van der Waals surface area contributed by atoms with Gasteiger partial charge in [0.2, 0.25) is 0 Å². The molecule has 0 amide bonds. The third kappa shape index (κ3) is 3.43. The van der Waals surface area contributed by atoms with Crippen molar-refractivity contribution in [2.75, 3.05) is 0 Å². The lowest BCUT2D eigenvalue weighted by Gasteiger charge is -2.21. The highest BCUT2D eigenvalue weighted by Gasteiger charge is 2.28. The molecule has 0 aliphatic carbocycles. The molecule has 2 atom stereocenters. The van der Waals surface area contributed by atoms with Crippen molar-refractivity contribution in [1.82, 2.24) is 0 Å². The van der Waals surface area contributed by atoms with Crippen molar-refractivity contribution < 1.29 is 9.90 Å². The first-order valence-electron chi connectivity index (χ1n) is 5.44. The van der Waals surface area contributed by atoms with Crippen LogP contribution < -0.4 is 0 Å². The van der Waals surface area contributed by atoms with Gasteiger partial charge >= 0.3 is 5.97 Å². The van der Waals surface area contributed by atoms with Crippen LogP contribution in [-0.4, -0.2) is 11.1 Å². The Kier molecular flexibility index (Phi) is 5.56. The minimum atomic E-state index is -0.818. The van der Waals surface area contributed by atoms with Crippen LogP contribution >= 0.6 is 27.3 Å². The number of carboxylic acids is 1. The van der Waals surface area contributed by atoms with Gasteiger partial charge in [-0.2, -0.15) is 0 Å². The summed E-state index contributed by atoms with van der Waals surface area (Å²) < 4.78 is 0.988. The van der Waals surface area contributed by atoms with Crippen molar-refractivity contribution in [2.45, 2.75) is 12.8 Å². The van der Waals surface area contributed by atoms with Gasteiger partial charge in [0.1, 0.15) is 0 Å². The number of carboxylic acid groups (broad SMARTS) is 1. The maximum atomic E-state index is 11.3. The number of aliphatic carboxylic acids is 1. The monoisotopic (exact) mass is 326 g/mol. The molecule has 0 saturated heterocycles. The maximum absolute atomic E-state index is 11.3. The maximum Gasteiger partial charge on any atom is 0.307 e. The van der Waals surface area contributed by atoms with Gasteiger partial charge in [0.15, 0.2) is 0 Å². The van der Waals surface area contributed by atoms with E-state index < -0.39 is 11.9 Å². The largest absolute Gasteiger partial charge is 0.481 e. The molecule has 0 spiro atoms. The van der Waals surface area contributed by atoms with Gasteiger partial charge in [0.05, 0.1) is 9.70 Å². The topological polar surface area (TPSA) is 37.3 Å². The zero-order valence-corrected chi connectivity index (χ0v) is 12.5. The molecule has 4 heteroatoms. The van der Waals surface area contributed by atoms with E-state index in [1.54, 1.807) is 30.4 Å². The van der Waals surface area contributed by atoms with Gasteiger partial charge in [-0.3, -0.25) is 4.79 Å². The van der Waals surface area contributed by atoms with E-state index in [1.807, 2.05) is 18.2 Å². The van der Waals surface area contributed by atoms with Crippen molar-refractivity contribution in [3.05, 3.63) is 57.8 Å². The van der Waals surface area contributed by atoms with Crippen LogP contribution in [0.25, 0.3) is 0 Å². The smallest absolute Gasteiger partial charge is 0.307 e. The SMILES string of the molecule is C=C/C=C(\C=C)[C@H](c1ccc(Br)s1)[C@@H](C)C(=O)O. The number of halogens is 1. The molecule has 1 N–H and O–H groups in total. The third-order valence-electron chi connectivity index (χ3n) is 2.70. The lowest BCUT2D eigenvalue weighted by atomic mass is 9.85. The number of hydrogen-bond donors (Lipinski definition) is 1. The second kappa shape index (κ2) is 6.71. The zero-order chi connectivity index (χ0) is 13.7. The van der Waals surface area contributed by atoms with Crippen LogP contribution in [-0.2, 0) is 4.79 Å². The fourth-order valence-corrected chi connectivity index (χ4v) is 3.43. The van der Waals surface area contributed by atoms with Crippen LogP contribution in [0.4, 0.5) is 0 Å². The summed E-state index contributed by atoms with van der Waals surface area (Å²) in [7, 11) is 0. The average Bonchev–Trinajstić information content (AvgIpc) is 2.74. The normalized spacial score (nSPS) is 14.9. The van der Waals surface area contributed by atoms with Crippen molar-refractivity contribution in [3.63, 3.8) is 0 Å². The lowest BCUT2D eigenvalue weighted by Crippen LogP contribution is -2.19. The molecule has 2 nitrogen and oxygen atoms in total. The molecule has 1 aromatic rings. The molecular formula is C14H15BrO2S. The van der Waals surface area contributed by atoms with E-state index in [2.05, 4.69) is 29.1 Å². The molecule has 1 heterocycles. The Morgan fingerprint density at radius 3 is 2.56 bits per heavy atom. The zero-order valence-electron chi connectivity index (χ0n) is 10.1. The van der Waals surface area contributed by atoms with Crippen molar-refractivity contribution >= 4 is 33.2 Å². The first kappa shape index (κ1) is 14.9. The predicted octanol–water partition coefficient (Wildman–Crippen LogP) is 4.61. The predicted molar refractivity (Wildman–Crippen MR) is 80.0 cm³/mol. The van der Waals surface area contributed by atoms with Crippen molar-refractivity contribution in [2.24, 2.45) is 5.92 Å². The number of allylic oxidation sites excluding steroid dienone is 4. The van der Waals surface area contributed by atoms with E-state index in [9.17, 15) is 9.90 Å². The minimum Gasteiger partial charge on any atom is -0.481 e. The highest BCUT2D eigenvalue weighted by atomic mass is 79.9. The standard InChI is InChI=1S/C14H15BrO2S/c1-4-6-10(5-2)13(9(3)14(16)17)11-7-8-12(15)18-11/h4-9,13H,1-2H2,3H3,(H,16,17)/b10-6+/t9-,13-/m1/s1. The number of carbonyl (C=O) groups is 1. The summed E-state index contributed by atoms with van der Waals surface area (Å²) in [5.41, 5.74) is 0.870. The summed E-state index contributed by atoms with van der Waals surface area (Å²) in [5, 5.41) is 9.24. The van der Waals surface area contributed by atoms with Gasteiger partial charge in [-0.25, -0.2) is 0 Å². The van der Waals surface area contributed by atoms with Crippen molar-refractivity contribution in [3.8, 4) is 0 Å². The van der Waals surface area contributed by atoms with Crippen LogP contribution in [0.1, 0.15) is 17.7 Å². The molecule has 0 fully saturated rings. The Morgan fingerprint density at radius 2 is 2.17 bits per heavy atom. The summed E-state index contributed by atoms with van der Waals surface area (Å²) in [6.07, 6.45) is 5.16. The Hall–Kier alpha value is -1.13.